The maximum absolute atomic E-state index is 14.0. The zero-order chi connectivity index (χ0) is 13.8. The van der Waals surface area contributed by atoms with Crippen molar-refractivity contribution in [2.45, 2.75) is 0 Å². The van der Waals surface area contributed by atoms with Crippen LogP contribution < -0.4 is 4.74 Å². The van der Waals surface area contributed by atoms with E-state index in [0.717, 1.165) is 0 Å². The van der Waals surface area contributed by atoms with Crippen LogP contribution in [0.4, 0.5) is 4.39 Å². The van der Waals surface area contributed by atoms with Gasteiger partial charge in [-0.1, -0.05) is 12.1 Å². The third-order valence-corrected chi connectivity index (χ3v) is 2.77. The van der Waals surface area contributed by atoms with Crippen molar-refractivity contribution in [3.05, 3.63) is 53.3 Å². The number of carbonyl (C=O) groups excluding carboxylic acids is 1. The van der Waals surface area contributed by atoms with Gasteiger partial charge in [-0.15, -0.1) is 0 Å². The Balaban J connectivity index is 2.55. The van der Waals surface area contributed by atoms with Crippen molar-refractivity contribution in [3.8, 4) is 22.9 Å². The Kier molecular flexibility index (Phi) is 3.58. The fourth-order valence-corrected chi connectivity index (χ4v) is 1.79. The Bertz CT molecular complexity index is 657. The lowest BCUT2D eigenvalue weighted by molar-refractivity contribution is 0.112. The highest BCUT2D eigenvalue weighted by Gasteiger charge is 2.11. The third kappa shape index (κ3) is 2.45. The lowest BCUT2D eigenvalue weighted by Crippen LogP contribution is -1.94. The van der Waals surface area contributed by atoms with Gasteiger partial charge in [0, 0.05) is 11.6 Å². The molecule has 0 saturated carbocycles. The maximum atomic E-state index is 14.0. The average molecular weight is 255 g/mol. The second kappa shape index (κ2) is 5.32. The van der Waals surface area contributed by atoms with Crippen LogP contribution in [-0.4, -0.2) is 13.4 Å². The molecule has 0 aliphatic carbocycles. The van der Waals surface area contributed by atoms with E-state index in [1.807, 2.05) is 6.07 Å². The Morgan fingerprint density at radius 3 is 2.47 bits per heavy atom. The molecule has 4 heteroatoms. The van der Waals surface area contributed by atoms with Crippen LogP contribution in [0.1, 0.15) is 15.9 Å². The van der Waals surface area contributed by atoms with E-state index < -0.39 is 5.82 Å². The van der Waals surface area contributed by atoms with Crippen molar-refractivity contribution in [2.24, 2.45) is 0 Å². The van der Waals surface area contributed by atoms with Crippen LogP contribution in [0, 0.1) is 17.1 Å². The van der Waals surface area contributed by atoms with Crippen molar-refractivity contribution in [1.29, 1.82) is 5.26 Å². The number of benzene rings is 2. The molecule has 0 aromatic heterocycles. The molecule has 0 aliphatic heterocycles. The largest absolute Gasteiger partial charge is 0.496 e. The molecule has 2 aromatic carbocycles. The molecule has 2 aromatic rings. The van der Waals surface area contributed by atoms with Gasteiger partial charge in [0.25, 0.3) is 0 Å². The smallest absolute Gasteiger partial charge is 0.153 e. The SMILES string of the molecule is COc1cc(F)c(-c2ccc(C#N)cc2)cc1C=O. The number of hydrogen-bond donors (Lipinski definition) is 0. The molecule has 0 N–H and O–H groups in total. The van der Waals surface area contributed by atoms with E-state index in [4.69, 9.17) is 10.00 Å². The number of halogens is 1. The van der Waals surface area contributed by atoms with Crippen LogP contribution in [0.2, 0.25) is 0 Å². The van der Waals surface area contributed by atoms with Crippen molar-refractivity contribution in [1.82, 2.24) is 0 Å². The zero-order valence-corrected chi connectivity index (χ0v) is 10.2. The molecule has 94 valence electrons. The van der Waals surface area contributed by atoms with Crippen molar-refractivity contribution < 1.29 is 13.9 Å². The summed E-state index contributed by atoms with van der Waals surface area (Å²) >= 11 is 0. The van der Waals surface area contributed by atoms with Gasteiger partial charge >= 0.3 is 0 Å². The van der Waals surface area contributed by atoms with E-state index in [2.05, 4.69) is 0 Å². The number of ether oxygens (including phenoxy) is 1. The number of methoxy groups -OCH3 is 1. The molecule has 0 saturated heterocycles. The van der Waals surface area contributed by atoms with Crippen LogP contribution in [0.3, 0.4) is 0 Å². The monoisotopic (exact) mass is 255 g/mol. The minimum atomic E-state index is -0.479. The van der Waals surface area contributed by atoms with Gasteiger partial charge in [-0.25, -0.2) is 4.39 Å². The number of nitrogens with zero attached hydrogens (tertiary/aromatic N) is 1. The lowest BCUT2D eigenvalue weighted by atomic mass is 10.0. The summed E-state index contributed by atoms with van der Waals surface area (Å²) in [6.45, 7) is 0. The van der Waals surface area contributed by atoms with E-state index in [-0.39, 0.29) is 11.3 Å². The van der Waals surface area contributed by atoms with Gasteiger partial charge in [-0.3, -0.25) is 4.79 Å². The quantitative estimate of drug-likeness (QED) is 0.791. The first-order valence-corrected chi connectivity index (χ1v) is 5.53. The Labute approximate surface area is 109 Å². The van der Waals surface area contributed by atoms with Gasteiger partial charge in [-0.05, 0) is 23.8 Å². The summed E-state index contributed by atoms with van der Waals surface area (Å²) in [6.07, 6.45) is 0.616. The summed E-state index contributed by atoms with van der Waals surface area (Å²) in [5.74, 6) is -0.281. The maximum Gasteiger partial charge on any atom is 0.153 e. The molecule has 0 aliphatic rings. The van der Waals surface area contributed by atoms with Gasteiger partial charge in [0.2, 0.25) is 0 Å². The van der Waals surface area contributed by atoms with Gasteiger partial charge in [0.15, 0.2) is 6.29 Å². The first kappa shape index (κ1) is 12.8. The highest BCUT2D eigenvalue weighted by Crippen LogP contribution is 2.29. The molecule has 0 heterocycles. The first-order valence-electron chi connectivity index (χ1n) is 5.53. The van der Waals surface area contributed by atoms with E-state index in [9.17, 15) is 9.18 Å². The number of hydrogen-bond acceptors (Lipinski definition) is 3. The van der Waals surface area contributed by atoms with Crippen LogP contribution in [0.25, 0.3) is 11.1 Å². The average Bonchev–Trinajstić information content (AvgIpc) is 2.47. The minimum absolute atomic E-state index is 0.199. The normalized spacial score (nSPS) is 9.74. The Morgan fingerprint density at radius 2 is 1.95 bits per heavy atom. The molecule has 0 unspecified atom stereocenters. The number of nitriles is 1. The highest BCUT2D eigenvalue weighted by molar-refractivity contribution is 5.83. The summed E-state index contributed by atoms with van der Waals surface area (Å²) in [6, 6.07) is 11.1. The summed E-state index contributed by atoms with van der Waals surface area (Å²) in [5.41, 5.74) is 1.67. The molecule has 0 fully saturated rings. The fraction of sp³-hybridized carbons (Fsp3) is 0.0667. The summed E-state index contributed by atoms with van der Waals surface area (Å²) < 4.78 is 18.9. The molecule has 3 nitrogen and oxygen atoms in total. The molecule has 2 rings (SSSR count). The summed E-state index contributed by atoms with van der Waals surface area (Å²) in [7, 11) is 1.38. The number of aldehydes is 1. The lowest BCUT2D eigenvalue weighted by Gasteiger charge is -2.08. The van der Waals surface area contributed by atoms with Gasteiger partial charge in [0.1, 0.15) is 11.6 Å². The summed E-state index contributed by atoms with van der Waals surface area (Å²) in [4.78, 5) is 10.9. The second-order valence-corrected chi connectivity index (χ2v) is 3.88. The molecule has 0 amide bonds. The first-order chi connectivity index (χ1) is 9.19. The minimum Gasteiger partial charge on any atom is -0.496 e. The molecule has 0 spiro atoms. The molecular weight excluding hydrogens is 245 g/mol. The standard InChI is InChI=1S/C15H10FNO2/c1-19-15-7-14(16)13(6-12(15)9-18)11-4-2-10(8-17)3-5-11/h2-7,9H,1H3. The van der Waals surface area contributed by atoms with Crippen LogP contribution in [-0.2, 0) is 0 Å². The topological polar surface area (TPSA) is 50.1 Å². The molecule has 0 bridgehead atoms. The van der Waals surface area contributed by atoms with E-state index in [0.29, 0.717) is 23.0 Å². The summed E-state index contributed by atoms with van der Waals surface area (Å²) in [5, 5.41) is 8.72. The number of rotatable bonds is 3. The van der Waals surface area contributed by atoms with Crippen molar-refractivity contribution >= 4 is 6.29 Å². The molecular formula is C15H10FNO2. The molecule has 0 radical (unpaired) electrons. The second-order valence-electron chi connectivity index (χ2n) is 3.88. The van der Waals surface area contributed by atoms with Gasteiger partial charge < -0.3 is 4.74 Å². The fourth-order valence-electron chi connectivity index (χ4n) is 1.79. The van der Waals surface area contributed by atoms with E-state index in [1.165, 1.54) is 19.2 Å². The van der Waals surface area contributed by atoms with Crippen molar-refractivity contribution in [3.63, 3.8) is 0 Å². The Hall–Kier alpha value is -2.67. The molecule has 19 heavy (non-hydrogen) atoms. The third-order valence-electron chi connectivity index (χ3n) is 2.77. The van der Waals surface area contributed by atoms with Gasteiger partial charge in [-0.2, -0.15) is 5.26 Å². The zero-order valence-electron chi connectivity index (χ0n) is 10.2. The van der Waals surface area contributed by atoms with Gasteiger partial charge in [0.05, 0.1) is 24.3 Å². The van der Waals surface area contributed by atoms with Crippen LogP contribution in [0.15, 0.2) is 36.4 Å². The van der Waals surface area contributed by atoms with Crippen molar-refractivity contribution in [2.75, 3.05) is 7.11 Å². The predicted octanol–water partition coefficient (Wildman–Crippen LogP) is 3.19. The van der Waals surface area contributed by atoms with Crippen LogP contribution in [0.5, 0.6) is 5.75 Å². The van der Waals surface area contributed by atoms with E-state index >= 15 is 0 Å². The number of carbonyl (C=O) groups is 1. The highest BCUT2D eigenvalue weighted by atomic mass is 19.1. The Morgan fingerprint density at radius 1 is 1.26 bits per heavy atom. The molecule has 0 atom stereocenters. The predicted molar refractivity (Wildman–Crippen MR) is 68.5 cm³/mol. The van der Waals surface area contributed by atoms with Crippen LogP contribution >= 0.6 is 0 Å². The van der Waals surface area contributed by atoms with E-state index in [1.54, 1.807) is 24.3 Å².